The number of hydrogen-bond acceptors (Lipinski definition) is 5. The van der Waals surface area contributed by atoms with Crippen LogP contribution in [-0.4, -0.2) is 45.4 Å². The average Bonchev–Trinajstić information content (AvgIpc) is 2.54. The first kappa shape index (κ1) is 19.7. The number of likely N-dealkylation sites (tertiary alicyclic amines) is 1. The normalized spacial score (nSPS) is 16.3. The smallest absolute Gasteiger partial charge is 0.410 e. The van der Waals surface area contributed by atoms with Gasteiger partial charge in [-0.2, -0.15) is 0 Å². The number of halogens is 2. The minimum Gasteiger partial charge on any atom is -0.444 e. The van der Waals surface area contributed by atoms with Crippen molar-refractivity contribution in [2.75, 3.05) is 13.1 Å². The van der Waals surface area contributed by atoms with E-state index in [0.717, 1.165) is 0 Å². The maximum atomic E-state index is 12.3. The van der Waals surface area contributed by atoms with Crippen LogP contribution in [0.25, 0.3) is 6.08 Å². The molecule has 1 aliphatic heterocycles. The molecule has 0 aromatic carbocycles. The van der Waals surface area contributed by atoms with Gasteiger partial charge in [-0.05, 0) is 45.8 Å². The molecule has 1 aromatic heterocycles. The number of piperidine rings is 1. The molecule has 8 heteroatoms. The molecule has 1 aromatic rings. The van der Waals surface area contributed by atoms with Crippen LogP contribution in [0.2, 0.25) is 10.3 Å². The largest absolute Gasteiger partial charge is 0.444 e. The summed E-state index contributed by atoms with van der Waals surface area (Å²) in [7, 11) is 0. The van der Waals surface area contributed by atoms with Gasteiger partial charge in [0, 0.05) is 19.0 Å². The molecule has 1 amide bonds. The Morgan fingerprint density at radius 3 is 2.52 bits per heavy atom. The molecule has 0 aliphatic carbocycles. The van der Waals surface area contributed by atoms with E-state index in [0.29, 0.717) is 31.6 Å². The highest BCUT2D eigenvalue weighted by Crippen LogP contribution is 2.22. The summed E-state index contributed by atoms with van der Waals surface area (Å²) in [5.74, 6) is -0.164. The molecule has 25 heavy (non-hydrogen) atoms. The number of carbonyl (C=O) groups is 2. The zero-order valence-electron chi connectivity index (χ0n) is 14.5. The lowest BCUT2D eigenvalue weighted by Gasteiger charge is -2.32. The van der Waals surface area contributed by atoms with Gasteiger partial charge in [0.25, 0.3) is 0 Å². The van der Waals surface area contributed by atoms with Gasteiger partial charge in [0.1, 0.15) is 16.4 Å². The predicted molar refractivity (Wildman–Crippen MR) is 96.6 cm³/mol. The van der Waals surface area contributed by atoms with Crippen molar-refractivity contribution in [1.29, 1.82) is 0 Å². The van der Waals surface area contributed by atoms with E-state index >= 15 is 0 Å². The van der Waals surface area contributed by atoms with Crippen LogP contribution in [0.15, 0.2) is 12.3 Å². The molecule has 0 spiro atoms. The van der Waals surface area contributed by atoms with E-state index in [1.165, 1.54) is 18.3 Å². The van der Waals surface area contributed by atoms with Gasteiger partial charge in [0.2, 0.25) is 0 Å². The van der Waals surface area contributed by atoms with E-state index in [2.05, 4.69) is 9.97 Å². The van der Waals surface area contributed by atoms with Crippen molar-refractivity contribution in [2.45, 2.75) is 39.2 Å². The van der Waals surface area contributed by atoms with Crippen LogP contribution in [0, 0.1) is 5.92 Å². The third-order valence-electron chi connectivity index (χ3n) is 3.68. The van der Waals surface area contributed by atoms with Crippen molar-refractivity contribution in [1.82, 2.24) is 14.9 Å². The van der Waals surface area contributed by atoms with E-state index in [9.17, 15) is 9.59 Å². The van der Waals surface area contributed by atoms with Crippen LogP contribution >= 0.6 is 23.2 Å². The third-order valence-corrected chi connectivity index (χ3v) is 4.15. The Balaban J connectivity index is 1.90. The number of hydrogen-bond donors (Lipinski definition) is 0. The highest BCUT2D eigenvalue weighted by atomic mass is 35.5. The number of aromatic nitrogens is 2. The summed E-state index contributed by atoms with van der Waals surface area (Å²) in [6, 6.07) is 0. The maximum absolute atomic E-state index is 12.3. The first-order valence-corrected chi connectivity index (χ1v) is 8.79. The van der Waals surface area contributed by atoms with E-state index < -0.39 is 5.60 Å². The molecule has 1 aliphatic rings. The van der Waals surface area contributed by atoms with Crippen LogP contribution in [0.4, 0.5) is 4.79 Å². The Hall–Kier alpha value is -1.66. The Kier molecular flexibility index (Phi) is 6.41. The minimum absolute atomic E-state index is 0.0262. The van der Waals surface area contributed by atoms with Crippen LogP contribution < -0.4 is 0 Å². The Morgan fingerprint density at radius 2 is 1.92 bits per heavy atom. The fourth-order valence-electron chi connectivity index (χ4n) is 2.44. The van der Waals surface area contributed by atoms with E-state index in [4.69, 9.17) is 27.9 Å². The van der Waals surface area contributed by atoms with Crippen LogP contribution in [0.1, 0.15) is 39.3 Å². The number of amides is 1. The molecule has 0 atom stereocenters. The number of nitrogens with zero attached hydrogens (tertiary/aromatic N) is 3. The lowest BCUT2D eigenvalue weighted by Crippen LogP contribution is -2.42. The van der Waals surface area contributed by atoms with Crippen LogP contribution in [0.3, 0.4) is 0 Å². The molecule has 0 bridgehead atoms. The summed E-state index contributed by atoms with van der Waals surface area (Å²) in [6.07, 6.45) is 5.16. The van der Waals surface area contributed by atoms with Gasteiger partial charge in [-0.1, -0.05) is 23.2 Å². The molecule has 2 heterocycles. The molecule has 1 fully saturated rings. The lowest BCUT2D eigenvalue weighted by atomic mass is 9.92. The van der Waals surface area contributed by atoms with Crippen molar-refractivity contribution in [3.05, 3.63) is 28.3 Å². The molecule has 0 N–H and O–H groups in total. The number of ether oxygens (including phenoxy) is 1. The summed E-state index contributed by atoms with van der Waals surface area (Å²) in [5.41, 5.74) is -0.169. The van der Waals surface area contributed by atoms with E-state index in [1.807, 2.05) is 20.8 Å². The van der Waals surface area contributed by atoms with Gasteiger partial charge in [-0.25, -0.2) is 14.8 Å². The second kappa shape index (κ2) is 8.15. The van der Waals surface area contributed by atoms with Crippen molar-refractivity contribution in [3.63, 3.8) is 0 Å². The fraction of sp³-hybridized carbons (Fsp3) is 0.529. The number of carbonyl (C=O) groups excluding carboxylic acids is 2. The average molecular weight is 386 g/mol. The maximum Gasteiger partial charge on any atom is 0.410 e. The Morgan fingerprint density at radius 1 is 1.28 bits per heavy atom. The SMILES string of the molecule is CC(C)(C)OC(=O)N1CCC(C(=O)/C=C/c2nc(Cl)cnc2Cl)CC1. The van der Waals surface area contributed by atoms with Gasteiger partial charge in [-0.3, -0.25) is 4.79 Å². The van der Waals surface area contributed by atoms with Crippen molar-refractivity contribution >= 4 is 41.2 Å². The highest BCUT2D eigenvalue weighted by molar-refractivity contribution is 6.32. The highest BCUT2D eigenvalue weighted by Gasteiger charge is 2.29. The summed E-state index contributed by atoms with van der Waals surface area (Å²) in [5, 5.41) is 0.398. The zero-order valence-corrected chi connectivity index (χ0v) is 16.0. The lowest BCUT2D eigenvalue weighted by molar-refractivity contribution is -0.119. The van der Waals surface area contributed by atoms with Gasteiger partial charge < -0.3 is 9.64 Å². The van der Waals surface area contributed by atoms with Gasteiger partial charge in [0.15, 0.2) is 10.9 Å². The second-order valence-corrected chi connectivity index (χ2v) is 7.59. The van der Waals surface area contributed by atoms with E-state index in [-0.39, 0.29) is 28.1 Å². The van der Waals surface area contributed by atoms with Gasteiger partial charge in [0.05, 0.1) is 6.20 Å². The molecule has 1 saturated heterocycles. The standard InChI is InChI=1S/C17H21Cl2N3O3/c1-17(2,3)25-16(24)22-8-6-11(7-9-22)13(23)5-4-12-15(19)20-10-14(18)21-12/h4-5,10-11H,6-9H2,1-3H3/b5-4+. The molecular formula is C17H21Cl2N3O3. The first-order chi connectivity index (χ1) is 11.7. The quantitative estimate of drug-likeness (QED) is 0.734. The molecule has 0 saturated carbocycles. The second-order valence-electron chi connectivity index (χ2n) is 6.85. The monoisotopic (exact) mass is 385 g/mol. The summed E-state index contributed by atoms with van der Waals surface area (Å²) >= 11 is 11.7. The third kappa shape index (κ3) is 5.97. The molecule has 6 nitrogen and oxygen atoms in total. The molecule has 2 rings (SSSR count). The Labute approximate surface area is 157 Å². The van der Waals surface area contributed by atoms with Gasteiger partial charge >= 0.3 is 6.09 Å². The topological polar surface area (TPSA) is 72.4 Å². The van der Waals surface area contributed by atoms with Crippen molar-refractivity contribution < 1.29 is 14.3 Å². The summed E-state index contributed by atoms with van der Waals surface area (Å²) in [6.45, 7) is 6.48. The van der Waals surface area contributed by atoms with Gasteiger partial charge in [-0.15, -0.1) is 0 Å². The van der Waals surface area contributed by atoms with Crippen LogP contribution in [0.5, 0.6) is 0 Å². The number of rotatable bonds is 3. The predicted octanol–water partition coefficient (Wildman–Crippen LogP) is 4.01. The zero-order chi connectivity index (χ0) is 18.6. The molecule has 136 valence electrons. The number of ketones is 1. The molecule has 0 unspecified atom stereocenters. The molecule has 0 radical (unpaired) electrons. The number of allylic oxidation sites excluding steroid dienone is 1. The summed E-state index contributed by atoms with van der Waals surface area (Å²) < 4.78 is 5.35. The fourth-order valence-corrected chi connectivity index (χ4v) is 2.74. The minimum atomic E-state index is -0.524. The molecular weight excluding hydrogens is 365 g/mol. The Bertz CT molecular complexity index is 678. The van der Waals surface area contributed by atoms with Crippen LogP contribution in [-0.2, 0) is 9.53 Å². The van der Waals surface area contributed by atoms with E-state index in [1.54, 1.807) is 4.90 Å². The van der Waals surface area contributed by atoms with Crippen molar-refractivity contribution in [2.24, 2.45) is 5.92 Å². The first-order valence-electron chi connectivity index (χ1n) is 8.03. The van der Waals surface area contributed by atoms with Crippen molar-refractivity contribution in [3.8, 4) is 0 Å². The summed E-state index contributed by atoms with van der Waals surface area (Å²) in [4.78, 5) is 33.9.